The molecule has 0 saturated carbocycles. The van der Waals surface area contributed by atoms with Crippen molar-refractivity contribution in [1.82, 2.24) is 4.98 Å². The highest BCUT2D eigenvalue weighted by Crippen LogP contribution is 2.29. The summed E-state index contributed by atoms with van der Waals surface area (Å²) in [6.45, 7) is 4.65. The number of nitrogens with zero attached hydrogens (tertiary/aromatic N) is 1. The molecule has 9 nitrogen and oxygen atoms in total. The van der Waals surface area contributed by atoms with Crippen LogP contribution in [0.2, 0.25) is 0 Å². The summed E-state index contributed by atoms with van der Waals surface area (Å²) < 4.78 is 9.89. The summed E-state index contributed by atoms with van der Waals surface area (Å²) in [6.07, 6.45) is 0.913. The van der Waals surface area contributed by atoms with Crippen LogP contribution in [0, 0.1) is 10.1 Å². The molecular formula is C17H21N3O6. The normalized spacial score (nSPS) is 12.5. The number of H-pyrrole nitrogens is 1. The van der Waals surface area contributed by atoms with Crippen LogP contribution >= 0.6 is 0 Å². The van der Waals surface area contributed by atoms with Crippen LogP contribution in [0.1, 0.15) is 32.3 Å². The van der Waals surface area contributed by atoms with E-state index in [1.54, 1.807) is 39.0 Å². The van der Waals surface area contributed by atoms with Crippen LogP contribution in [-0.2, 0) is 14.3 Å². The Bertz CT molecular complexity index is 837. The predicted octanol–water partition coefficient (Wildman–Crippen LogP) is 3.05. The Kier molecular flexibility index (Phi) is 5.49. The number of esters is 1. The smallest absolute Gasteiger partial charge is 0.412 e. The molecule has 1 aromatic carbocycles. The molecular weight excluding hydrogens is 342 g/mol. The van der Waals surface area contributed by atoms with Gasteiger partial charge in [-0.05, 0) is 44.5 Å². The van der Waals surface area contributed by atoms with Gasteiger partial charge in [0.25, 0.3) is 0 Å². The molecule has 1 atom stereocenters. The molecule has 2 aromatic rings. The molecule has 0 aliphatic heterocycles. The van der Waals surface area contributed by atoms with Crippen molar-refractivity contribution in [1.29, 1.82) is 0 Å². The second kappa shape index (κ2) is 7.42. The minimum Gasteiger partial charge on any atom is -0.468 e. The highest BCUT2D eigenvalue weighted by atomic mass is 16.6. The first-order valence-electron chi connectivity index (χ1n) is 7.91. The summed E-state index contributed by atoms with van der Waals surface area (Å²) >= 11 is 0. The third-order valence-corrected chi connectivity index (χ3v) is 3.55. The number of carbonyl (C=O) groups is 2. The highest BCUT2D eigenvalue weighted by molar-refractivity contribution is 5.94. The molecule has 1 heterocycles. The Balaban J connectivity index is 2.35. The lowest BCUT2D eigenvalue weighted by Crippen LogP contribution is -2.27. The van der Waals surface area contributed by atoms with Gasteiger partial charge in [-0.1, -0.05) is 0 Å². The maximum absolute atomic E-state index is 12.0. The summed E-state index contributed by atoms with van der Waals surface area (Å²) in [4.78, 5) is 37.2. The number of anilines is 1. The van der Waals surface area contributed by atoms with Crippen LogP contribution in [0.5, 0.6) is 0 Å². The van der Waals surface area contributed by atoms with Crippen molar-refractivity contribution in [2.45, 2.75) is 32.3 Å². The van der Waals surface area contributed by atoms with Gasteiger partial charge in [-0.25, -0.2) is 4.79 Å². The van der Waals surface area contributed by atoms with E-state index in [4.69, 9.17) is 4.74 Å². The molecule has 2 rings (SSSR count). The fourth-order valence-electron chi connectivity index (χ4n) is 2.52. The predicted molar refractivity (Wildman–Crippen MR) is 94.8 cm³/mol. The molecule has 9 heteroatoms. The van der Waals surface area contributed by atoms with Crippen LogP contribution < -0.4 is 5.32 Å². The highest BCUT2D eigenvalue weighted by Gasteiger charge is 2.29. The van der Waals surface area contributed by atoms with Crippen LogP contribution in [0.15, 0.2) is 24.4 Å². The Morgan fingerprint density at radius 1 is 1.35 bits per heavy atom. The monoisotopic (exact) mass is 363 g/mol. The van der Waals surface area contributed by atoms with Crippen molar-refractivity contribution in [3.05, 3.63) is 40.1 Å². The van der Waals surface area contributed by atoms with Gasteiger partial charge < -0.3 is 14.5 Å². The maximum atomic E-state index is 12.0. The van der Waals surface area contributed by atoms with E-state index in [0.29, 0.717) is 22.2 Å². The molecule has 1 amide bonds. The number of aromatic nitrogens is 1. The summed E-state index contributed by atoms with van der Waals surface area (Å²) in [5, 5.41) is 14.1. The zero-order valence-corrected chi connectivity index (χ0v) is 15.0. The first kappa shape index (κ1) is 19.2. The number of aromatic amines is 1. The number of hydrogen-bond donors (Lipinski definition) is 2. The van der Waals surface area contributed by atoms with Gasteiger partial charge in [-0.3, -0.25) is 20.2 Å². The zero-order valence-electron chi connectivity index (χ0n) is 15.0. The van der Waals surface area contributed by atoms with Crippen LogP contribution in [-0.4, -0.2) is 41.2 Å². The topological polar surface area (TPSA) is 124 Å². The van der Waals surface area contributed by atoms with E-state index in [1.165, 1.54) is 13.3 Å². The molecule has 0 aliphatic carbocycles. The lowest BCUT2D eigenvalue weighted by atomic mass is 9.98. The van der Waals surface area contributed by atoms with Gasteiger partial charge in [0.2, 0.25) is 6.54 Å². The third kappa shape index (κ3) is 4.71. The van der Waals surface area contributed by atoms with Crippen molar-refractivity contribution < 1.29 is 24.0 Å². The molecule has 26 heavy (non-hydrogen) atoms. The number of amides is 1. The fraction of sp³-hybridized carbons (Fsp3) is 0.412. The summed E-state index contributed by atoms with van der Waals surface area (Å²) in [5.74, 6) is -1.76. The van der Waals surface area contributed by atoms with E-state index in [0.717, 1.165) is 0 Å². The number of rotatable bonds is 5. The zero-order chi connectivity index (χ0) is 19.5. The average Bonchev–Trinajstić information content (AvgIpc) is 2.92. The van der Waals surface area contributed by atoms with E-state index in [1.807, 2.05) is 0 Å². The largest absolute Gasteiger partial charge is 0.468 e. The number of nitro groups is 1. The number of nitrogens with one attached hydrogen (secondary N) is 2. The Hall–Kier alpha value is -3.10. The summed E-state index contributed by atoms with van der Waals surface area (Å²) in [5.41, 5.74) is 0.899. The number of carbonyl (C=O) groups excluding carboxylic acids is 2. The molecule has 0 radical (unpaired) electrons. The molecule has 1 unspecified atom stereocenters. The number of hydrogen-bond acceptors (Lipinski definition) is 6. The van der Waals surface area contributed by atoms with Crippen LogP contribution in [0.4, 0.5) is 10.5 Å². The van der Waals surface area contributed by atoms with Crippen molar-refractivity contribution in [3.63, 3.8) is 0 Å². The molecule has 2 N–H and O–H groups in total. The molecule has 0 spiro atoms. The number of methoxy groups -OCH3 is 1. The molecule has 1 aromatic heterocycles. The van der Waals surface area contributed by atoms with Crippen LogP contribution in [0.25, 0.3) is 10.9 Å². The quantitative estimate of drug-likeness (QED) is 0.478. The first-order valence-corrected chi connectivity index (χ1v) is 7.91. The van der Waals surface area contributed by atoms with Crippen molar-refractivity contribution in [3.8, 4) is 0 Å². The van der Waals surface area contributed by atoms with Gasteiger partial charge in [0.1, 0.15) is 11.5 Å². The van der Waals surface area contributed by atoms with Gasteiger partial charge in [0, 0.05) is 27.7 Å². The van der Waals surface area contributed by atoms with Crippen molar-refractivity contribution in [2.24, 2.45) is 0 Å². The Morgan fingerprint density at radius 2 is 2.04 bits per heavy atom. The summed E-state index contributed by atoms with van der Waals surface area (Å²) in [6, 6.07) is 4.99. The number of fused-ring (bicyclic) bond motifs is 1. The van der Waals surface area contributed by atoms with E-state index in [-0.39, 0.29) is 0 Å². The molecule has 0 bridgehead atoms. The SMILES string of the molecule is COC(=O)C(C[N+](=O)[O-])c1c[nH]c2ccc(NC(=O)OC(C)(C)C)cc12. The second-order valence-electron chi connectivity index (χ2n) is 6.72. The van der Waals surface area contributed by atoms with Gasteiger partial charge >= 0.3 is 12.1 Å². The van der Waals surface area contributed by atoms with Crippen molar-refractivity contribution >= 4 is 28.7 Å². The van der Waals surface area contributed by atoms with E-state index < -0.39 is 35.0 Å². The molecule has 0 fully saturated rings. The minimum atomic E-state index is -1.06. The average molecular weight is 363 g/mol. The molecule has 140 valence electrons. The van der Waals surface area contributed by atoms with E-state index in [9.17, 15) is 19.7 Å². The van der Waals surface area contributed by atoms with Gasteiger partial charge in [0.05, 0.1) is 7.11 Å². The second-order valence-corrected chi connectivity index (χ2v) is 6.72. The first-order chi connectivity index (χ1) is 12.1. The van der Waals surface area contributed by atoms with E-state index in [2.05, 4.69) is 15.0 Å². The number of benzene rings is 1. The Morgan fingerprint density at radius 3 is 2.62 bits per heavy atom. The Labute approximate surface area is 149 Å². The standard InChI is InChI=1S/C17H21N3O6/c1-17(2,3)26-16(22)19-10-5-6-14-11(7-10)12(8-18-14)13(9-20(23)24)15(21)25-4/h5-8,13,18H,9H2,1-4H3,(H,19,22). The minimum absolute atomic E-state index is 0.427. The summed E-state index contributed by atoms with van der Waals surface area (Å²) in [7, 11) is 1.18. The van der Waals surface area contributed by atoms with E-state index >= 15 is 0 Å². The maximum Gasteiger partial charge on any atom is 0.412 e. The third-order valence-electron chi connectivity index (χ3n) is 3.55. The van der Waals surface area contributed by atoms with Crippen LogP contribution in [0.3, 0.4) is 0 Å². The van der Waals surface area contributed by atoms with Gasteiger partial charge in [-0.2, -0.15) is 0 Å². The van der Waals surface area contributed by atoms with Gasteiger partial charge in [0.15, 0.2) is 0 Å². The lowest BCUT2D eigenvalue weighted by Gasteiger charge is -2.19. The fourth-order valence-corrected chi connectivity index (χ4v) is 2.52. The molecule has 0 saturated heterocycles. The number of ether oxygens (including phenoxy) is 2. The molecule has 0 aliphatic rings. The van der Waals surface area contributed by atoms with Crippen molar-refractivity contribution in [2.75, 3.05) is 19.0 Å². The van der Waals surface area contributed by atoms with Gasteiger partial charge in [-0.15, -0.1) is 0 Å². The lowest BCUT2D eigenvalue weighted by molar-refractivity contribution is -0.481.